The van der Waals surface area contributed by atoms with Crippen molar-refractivity contribution in [2.24, 2.45) is 5.41 Å². The van der Waals surface area contributed by atoms with Crippen LogP contribution in [0.4, 0.5) is 0 Å². The number of nitrogens with zero attached hydrogens (tertiary/aromatic N) is 1. The first-order valence-electron chi connectivity index (χ1n) is 7.82. The van der Waals surface area contributed by atoms with Gasteiger partial charge in [-0.2, -0.15) is 4.31 Å². The molecule has 7 heteroatoms. The molecule has 1 saturated heterocycles. The monoisotopic (exact) mass is 341 g/mol. The topological polar surface area (TPSA) is 76.1 Å². The average molecular weight is 341 g/mol. The average Bonchev–Trinajstić information content (AvgIpc) is 2.68. The molecular formula is C16H23NO5S. The van der Waals surface area contributed by atoms with E-state index in [0.717, 1.165) is 6.42 Å². The van der Waals surface area contributed by atoms with Gasteiger partial charge in [-0.15, -0.1) is 0 Å². The van der Waals surface area contributed by atoms with Gasteiger partial charge in [0, 0.05) is 25.3 Å². The molecule has 1 N–H and O–H groups in total. The molecule has 0 amide bonds. The number of benzene rings is 1. The summed E-state index contributed by atoms with van der Waals surface area (Å²) in [5, 5.41) is 9.62. The van der Waals surface area contributed by atoms with Gasteiger partial charge >= 0.3 is 0 Å². The molecule has 23 heavy (non-hydrogen) atoms. The third-order valence-corrected chi connectivity index (χ3v) is 6.50. The Morgan fingerprint density at radius 2 is 2.13 bits per heavy atom. The standard InChI is InChI=1S/C16H23NO5S/c1-16(2)5-7-22-15(16)11-23(19,20)17-6-8-21-14-4-3-13(18)9-12(14)10-17/h3-4,9,15,18H,5-8,10-11H2,1-2H3. The minimum atomic E-state index is -3.47. The molecule has 0 saturated carbocycles. The van der Waals surface area contributed by atoms with Gasteiger partial charge in [-0.3, -0.25) is 0 Å². The molecule has 1 aromatic carbocycles. The fourth-order valence-electron chi connectivity index (χ4n) is 3.02. The number of hydrogen-bond acceptors (Lipinski definition) is 5. The van der Waals surface area contributed by atoms with Crippen molar-refractivity contribution < 1.29 is 23.0 Å². The van der Waals surface area contributed by atoms with Crippen molar-refractivity contribution in [3.8, 4) is 11.5 Å². The minimum Gasteiger partial charge on any atom is -0.508 e. The molecule has 0 bridgehead atoms. The SMILES string of the molecule is CC1(C)CCOC1CS(=O)(=O)N1CCOc2ccc(O)cc2C1. The van der Waals surface area contributed by atoms with Gasteiger partial charge in [0.2, 0.25) is 10.0 Å². The van der Waals surface area contributed by atoms with Gasteiger partial charge in [0.1, 0.15) is 18.1 Å². The number of rotatable bonds is 3. The van der Waals surface area contributed by atoms with Crippen molar-refractivity contribution in [2.75, 3.05) is 25.5 Å². The van der Waals surface area contributed by atoms with E-state index in [9.17, 15) is 13.5 Å². The summed E-state index contributed by atoms with van der Waals surface area (Å²) in [7, 11) is -3.47. The van der Waals surface area contributed by atoms with Crippen LogP contribution < -0.4 is 4.74 Å². The summed E-state index contributed by atoms with van der Waals surface area (Å²) in [4.78, 5) is 0. The van der Waals surface area contributed by atoms with Crippen LogP contribution in [-0.2, 0) is 21.3 Å². The van der Waals surface area contributed by atoms with E-state index in [1.54, 1.807) is 12.1 Å². The maximum atomic E-state index is 12.8. The number of fused-ring (bicyclic) bond motifs is 1. The second-order valence-corrected chi connectivity index (χ2v) is 8.86. The van der Waals surface area contributed by atoms with Gasteiger partial charge in [-0.25, -0.2) is 8.42 Å². The van der Waals surface area contributed by atoms with E-state index in [4.69, 9.17) is 9.47 Å². The summed E-state index contributed by atoms with van der Waals surface area (Å²) < 4.78 is 38.3. The summed E-state index contributed by atoms with van der Waals surface area (Å²) in [6, 6.07) is 4.76. The van der Waals surface area contributed by atoms with Crippen LogP contribution in [0.3, 0.4) is 0 Å². The van der Waals surface area contributed by atoms with Crippen molar-refractivity contribution in [3.63, 3.8) is 0 Å². The number of ether oxygens (including phenoxy) is 2. The third kappa shape index (κ3) is 3.46. The van der Waals surface area contributed by atoms with Crippen LogP contribution in [0.15, 0.2) is 18.2 Å². The molecule has 128 valence electrons. The highest BCUT2D eigenvalue weighted by molar-refractivity contribution is 7.89. The van der Waals surface area contributed by atoms with Crippen LogP contribution in [0.2, 0.25) is 0 Å². The smallest absolute Gasteiger partial charge is 0.217 e. The summed E-state index contributed by atoms with van der Waals surface area (Å²) in [5.74, 6) is 0.707. The highest BCUT2D eigenvalue weighted by atomic mass is 32.2. The lowest BCUT2D eigenvalue weighted by Gasteiger charge is -2.28. The predicted molar refractivity (Wildman–Crippen MR) is 85.9 cm³/mol. The fourth-order valence-corrected chi connectivity index (χ4v) is 4.84. The molecule has 2 aliphatic rings. The van der Waals surface area contributed by atoms with Gasteiger partial charge in [-0.1, -0.05) is 13.8 Å². The van der Waals surface area contributed by atoms with Gasteiger partial charge in [0.25, 0.3) is 0 Å². The van der Waals surface area contributed by atoms with Crippen LogP contribution in [0.25, 0.3) is 0 Å². The molecule has 0 spiro atoms. The Morgan fingerprint density at radius 1 is 1.35 bits per heavy atom. The maximum absolute atomic E-state index is 12.8. The molecule has 6 nitrogen and oxygen atoms in total. The Morgan fingerprint density at radius 3 is 2.83 bits per heavy atom. The van der Waals surface area contributed by atoms with Crippen molar-refractivity contribution >= 4 is 10.0 Å². The summed E-state index contributed by atoms with van der Waals surface area (Å²) in [5.41, 5.74) is 0.545. The van der Waals surface area contributed by atoms with Crippen LogP contribution >= 0.6 is 0 Å². The largest absolute Gasteiger partial charge is 0.508 e. The van der Waals surface area contributed by atoms with Crippen LogP contribution in [0, 0.1) is 5.41 Å². The minimum absolute atomic E-state index is 0.0197. The van der Waals surface area contributed by atoms with Crippen molar-refractivity contribution in [3.05, 3.63) is 23.8 Å². The Kier molecular flexibility index (Phi) is 4.29. The summed E-state index contributed by atoms with van der Waals surface area (Å²) in [6.45, 7) is 5.49. The number of phenolic OH excluding ortho intramolecular Hbond substituents is 1. The molecule has 1 fully saturated rings. The Hall–Kier alpha value is -1.31. The molecule has 0 aromatic heterocycles. The van der Waals surface area contributed by atoms with E-state index in [1.165, 1.54) is 10.4 Å². The summed E-state index contributed by atoms with van der Waals surface area (Å²) in [6.07, 6.45) is 0.577. The van der Waals surface area contributed by atoms with E-state index >= 15 is 0 Å². The molecule has 2 heterocycles. The fraction of sp³-hybridized carbons (Fsp3) is 0.625. The summed E-state index contributed by atoms with van der Waals surface area (Å²) >= 11 is 0. The Balaban J connectivity index is 1.80. The zero-order valence-corrected chi connectivity index (χ0v) is 14.3. The van der Waals surface area contributed by atoms with Crippen molar-refractivity contribution in [1.29, 1.82) is 0 Å². The van der Waals surface area contributed by atoms with Crippen LogP contribution in [0.1, 0.15) is 25.8 Å². The first-order valence-corrected chi connectivity index (χ1v) is 9.43. The predicted octanol–water partition coefficient (Wildman–Crippen LogP) is 1.73. The zero-order chi connectivity index (χ0) is 16.7. The van der Waals surface area contributed by atoms with E-state index in [2.05, 4.69) is 0 Å². The molecule has 3 rings (SSSR count). The first kappa shape index (κ1) is 16.5. The molecule has 1 atom stereocenters. The molecule has 0 radical (unpaired) electrons. The quantitative estimate of drug-likeness (QED) is 0.906. The molecule has 1 unspecified atom stereocenters. The van der Waals surface area contributed by atoms with Crippen LogP contribution in [0.5, 0.6) is 11.5 Å². The number of phenols is 1. The molecular weight excluding hydrogens is 318 g/mol. The Bertz CT molecular complexity index is 686. The lowest BCUT2D eigenvalue weighted by atomic mass is 9.87. The van der Waals surface area contributed by atoms with Gasteiger partial charge in [0.05, 0.1) is 11.9 Å². The number of aromatic hydroxyl groups is 1. The maximum Gasteiger partial charge on any atom is 0.217 e. The Labute approximate surface area is 137 Å². The van der Waals surface area contributed by atoms with Crippen molar-refractivity contribution in [1.82, 2.24) is 4.31 Å². The van der Waals surface area contributed by atoms with E-state index in [0.29, 0.717) is 31.1 Å². The first-order chi connectivity index (χ1) is 10.8. The molecule has 2 aliphatic heterocycles. The van der Waals surface area contributed by atoms with Crippen molar-refractivity contribution in [2.45, 2.75) is 32.9 Å². The van der Waals surface area contributed by atoms with E-state index in [1.807, 2.05) is 13.8 Å². The highest BCUT2D eigenvalue weighted by Gasteiger charge is 2.40. The highest BCUT2D eigenvalue weighted by Crippen LogP contribution is 2.35. The molecule has 0 aliphatic carbocycles. The van der Waals surface area contributed by atoms with Crippen LogP contribution in [-0.4, -0.2) is 49.4 Å². The second-order valence-electron chi connectivity index (χ2n) is 6.85. The van der Waals surface area contributed by atoms with E-state index in [-0.39, 0.29) is 29.6 Å². The zero-order valence-electron chi connectivity index (χ0n) is 13.5. The third-order valence-electron chi connectivity index (χ3n) is 4.68. The number of hydrogen-bond donors (Lipinski definition) is 1. The lowest BCUT2D eigenvalue weighted by Crippen LogP contribution is -2.41. The van der Waals surface area contributed by atoms with Gasteiger partial charge < -0.3 is 14.6 Å². The number of sulfonamides is 1. The normalized spacial score (nSPS) is 24.7. The van der Waals surface area contributed by atoms with Gasteiger partial charge in [-0.05, 0) is 30.0 Å². The molecule has 1 aromatic rings. The lowest BCUT2D eigenvalue weighted by molar-refractivity contribution is 0.0810. The second kappa shape index (κ2) is 5.96. The van der Waals surface area contributed by atoms with E-state index < -0.39 is 10.0 Å². The van der Waals surface area contributed by atoms with Gasteiger partial charge in [0.15, 0.2) is 0 Å².